The van der Waals surface area contributed by atoms with Crippen molar-refractivity contribution in [3.8, 4) is 5.69 Å². The smallest absolute Gasteiger partial charge is 0.151 e. The van der Waals surface area contributed by atoms with Gasteiger partial charge >= 0.3 is 0 Å². The minimum absolute atomic E-state index is 0.223. The van der Waals surface area contributed by atoms with E-state index in [1.807, 2.05) is 6.07 Å². The van der Waals surface area contributed by atoms with Crippen LogP contribution in [0.3, 0.4) is 0 Å². The summed E-state index contributed by atoms with van der Waals surface area (Å²) < 4.78 is 28.0. The van der Waals surface area contributed by atoms with E-state index in [9.17, 15) is 13.9 Å². The molecule has 2 heterocycles. The Morgan fingerprint density at radius 3 is 2.90 bits per heavy atom. The Hall–Kier alpha value is -1.79. The van der Waals surface area contributed by atoms with Gasteiger partial charge in [0.15, 0.2) is 5.82 Å². The maximum absolute atomic E-state index is 13.7. The third kappa shape index (κ3) is 3.28. The van der Waals surface area contributed by atoms with Crippen molar-refractivity contribution < 1.29 is 13.9 Å². The van der Waals surface area contributed by atoms with Gasteiger partial charge in [0.25, 0.3) is 0 Å². The number of β-amino-alcohol motifs (C(OH)–C–C–N with tert-alkyl or cyclic N) is 1. The Morgan fingerprint density at radius 1 is 1.29 bits per heavy atom. The van der Waals surface area contributed by atoms with Crippen LogP contribution >= 0.6 is 0 Å². The number of rotatable bonds is 3. The highest BCUT2D eigenvalue weighted by Crippen LogP contribution is 2.16. The lowest BCUT2D eigenvalue weighted by molar-refractivity contribution is 0.0661. The van der Waals surface area contributed by atoms with Gasteiger partial charge in [-0.1, -0.05) is 0 Å². The number of nitrogens with zero attached hydrogens (tertiary/aromatic N) is 3. The summed E-state index contributed by atoms with van der Waals surface area (Å²) in [5.41, 5.74) is 1.02. The highest BCUT2D eigenvalue weighted by atomic mass is 19.1. The first kappa shape index (κ1) is 14.2. The fraction of sp³-hybridized carbons (Fsp3) is 0.400. The maximum Gasteiger partial charge on any atom is 0.151 e. The molecular formula is C15H17F2N3O. The number of halogens is 2. The van der Waals surface area contributed by atoms with Crippen molar-refractivity contribution in [1.29, 1.82) is 0 Å². The van der Waals surface area contributed by atoms with Crippen molar-refractivity contribution in [2.24, 2.45) is 0 Å². The van der Waals surface area contributed by atoms with Gasteiger partial charge in [-0.25, -0.2) is 13.5 Å². The maximum atomic E-state index is 13.7. The van der Waals surface area contributed by atoms with Crippen LogP contribution < -0.4 is 0 Å². The second-order valence-corrected chi connectivity index (χ2v) is 5.38. The minimum atomic E-state index is -0.641. The second kappa shape index (κ2) is 5.91. The van der Waals surface area contributed by atoms with Crippen LogP contribution in [0.1, 0.15) is 18.5 Å². The van der Waals surface area contributed by atoms with Crippen molar-refractivity contribution in [3.63, 3.8) is 0 Å². The molecule has 4 nitrogen and oxygen atoms in total. The Bertz CT molecular complexity index is 629. The Kier molecular flexibility index (Phi) is 3.98. The van der Waals surface area contributed by atoms with Gasteiger partial charge in [-0.15, -0.1) is 0 Å². The topological polar surface area (TPSA) is 41.3 Å². The monoisotopic (exact) mass is 293 g/mol. The van der Waals surface area contributed by atoms with Crippen LogP contribution in [0, 0.1) is 11.6 Å². The van der Waals surface area contributed by atoms with Crippen LogP contribution in [-0.2, 0) is 6.54 Å². The lowest BCUT2D eigenvalue weighted by Crippen LogP contribution is -2.37. The molecule has 0 radical (unpaired) electrons. The fourth-order valence-corrected chi connectivity index (χ4v) is 2.65. The molecule has 0 saturated carbocycles. The molecule has 1 aliphatic heterocycles. The first-order valence-corrected chi connectivity index (χ1v) is 7.02. The number of likely N-dealkylation sites (tertiary alicyclic amines) is 1. The van der Waals surface area contributed by atoms with Gasteiger partial charge in [-0.05, 0) is 37.6 Å². The Morgan fingerprint density at radius 2 is 2.14 bits per heavy atom. The summed E-state index contributed by atoms with van der Waals surface area (Å²) in [6.45, 7) is 2.18. The molecule has 2 aromatic rings. The number of aliphatic hydroxyl groups is 1. The third-order valence-electron chi connectivity index (χ3n) is 3.67. The Labute approximate surface area is 121 Å². The number of piperidine rings is 1. The number of benzene rings is 1. The molecule has 1 aromatic heterocycles. The van der Waals surface area contributed by atoms with Gasteiger partial charge in [0.05, 0.1) is 11.8 Å². The Balaban J connectivity index is 1.74. The highest BCUT2D eigenvalue weighted by Gasteiger charge is 2.18. The van der Waals surface area contributed by atoms with E-state index in [2.05, 4.69) is 10.00 Å². The molecule has 1 atom stereocenters. The van der Waals surface area contributed by atoms with Crippen LogP contribution in [0.2, 0.25) is 0 Å². The third-order valence-corrected chi connectivity index (χ3v) is 3.67. The predicted molar refractivity (Wildman–Crippen MR) is 74.0 cm³/mol. The molecule has 112 valence electrons. The number of aliphatic hydroxyl groups excluding tert-OH is 1. The molecular weight excluding hydrogens is 276 g/mol. The van der Waals surface area contributed by atoms with Crippen molar-refractivity contribution in [1.82, 2.24) is 14.7 Å². The second-order valence-electron chi connectivity index (χ2n) is 5.38. The van der Waals surface area contributed by atoms with Crippen LogP contribution in [0.4, 0.5) is 8.78 Å². The molecule has 0 amide bonds. The van der Waals surface area contributed by atoms with Gasteiger partial charge in [-0.2, -0.15) is 5.10 Å². The van der Waals surface area contributed by atoms with E-state index in [0.29, 0.717) is 13.1 Å². The van der Waals surface area contributed by atoms with E-state index in [4.69, 9.17) is 0 Å². The first-order valence-electron chi connectivity index (χ1n) is 7.02. The molecule has 1 saturated heterocycles. The summed E-state index contributed by atoms with van der Waals surface area (Å²) >= 11 is 0. The van der Waals surface area contributed by atoms with E-state index in [1.54, 1.807) is 6.20 Å². The van der Waals surface area contributed by atoms with Crippen molar-refractivity contribution in [2.45, 2.75) is 25.5 Å². The molecule has 0 aliphatic carbocycles. The highest BCUT2D eigenvalue weighted by molar-refractivity contribution is 5.33. The zero-order valence-corrected chi connectivity index (χ0v) is 11.5. The van der Waals surface area contributed by atoms with Gasteiger partial charge in [0.2, 0.25) is 0 Å². The van der Waals surface area contributed by atoms with Gasteiger partial charge in [0.1, 0.15) is 11.5 Å². The lowest BCUT2D eigenvalue weighted by atomic mass is 10.1. The van der Waals surface area contributed by atoms with Gasteiger partial charge in [-0.3, -0.25) is 4.90 Å². The molecule has 1 N–H and O–H groups in total. The van der Waals surface area contributed by atoms with E-state index in [-0.39, 0.29) is 11.8 Å². The summed E-state index contributed by atoms with van der Waals surface area (Å²) in [4.78, 5) is 2.13. The van der Waals surface area contributed by atoms with Crippen LogP contribution in [0.15, 0.2) is 30.5 Å². The standard InChI is InChI=1S/C15H17F2N3O/c16-11-3-4-15(14(17)8-11)20-7-5-12(18-20)9-19-6-1-2-13(21)10-19/h3-5,7-8,13,21H,1-2,6,9-10H2. The molecule has 1 unspecified atom stereocenters. The average Bonchev–Trinajstić information content (AvgIpc) is 2.87. The van der Waals surface area contributed by atoms with Gasteiger partial charge < -0.3 is 5.11 Å². The largest absolute Gasteiger partial charge is 0.392 e. The van der Waals surface area contributed by atoms with Crippen LogP contribution in [0.5, 0.6) is 0 Å². The predicted octanol–water partition coefficient (Wildman–Crippen LogP) is 2.11. The van der Waals surface area contributed by atoms with Crippen LogP contribution in [-0.4, -0.2) is 39.0 Å². The SMILES string of the molecule is OC1CCCN(Cc2ccn(-c3ccc(F)cc3F)n2)C1. The molecule has 1 fully saturated rings. The molecule has 3 rings (SSSR count). The number of hydrogen-bond donors (Lipinski definition) is 1. The van der Waals surface area contributed by atoms with Gasteiger partial charge in [0, 0.05) is 25.4 Å². The summed E-state index contributed by atoms with van der Waals surface area (Å²) in [7, 11) is 0. The van der Waals surface area contributed by atoms with E-state index in [1.165, 1.54) is 16.8 Å². The van der Waals surface area contributed by atoms with E-state index >= 15 is 0 Å². The van der Waals surface area contributed by atoms with E-state index < -0.39 is 11.6 Å². The summed E-state index contributed by atoms with van der Waals surface area (Å²) in [5.74, 6) is -1.25. The normalized spacial score (nSPS) is 19.9. The van der Waals surface area contributed by atoms with E-state index in [0.717, 1.165) is 31.1 Å². The molecule has 6 heteroatoms. The average molecular weight is 293 g/mol. The number of hydrogen-bond acceptors (Lipinski definition) is 3. The van der Waals surface area contributed by atoms with Crippen molar-refractivity contribution >= 4 is 0 Å². The fourth-order valence-electron chi connectivity index (χ4n) is 2.65. The summed E-state index contributed by atoms with van der Waals surface area (Å²) in [5, 5.41) is 14.0. The number of aromatic nitrogens is 2. The molecule has 0 spiro atoms. The first-order chi connectivity index (χ1) is 10.1. The summed E-state index contributed by atoms with van der Waals surface area (Å²) in [6, 6.07) is 5.23. The van der Waals surface area contributed by atoms with Crippen molar-refractivity contribution in [2.75, 3.05) is 13.1 Å². The summed E-state index contributed by atoms with van der Waals surface area (Å²) in [6.07, 6.45) is 3.18. The molecule has 0 bridgehead atoms. The quantitative estimate of drug-likeness (QED) is 0.942. The van der Waals surface area contributed by atoms with Crippen LogP contribution in [0.25, 0.3) is 5.69 Å². The zero-order chi connectivity index (χ0) is 14.8. The molecule has 1 aromatic carbocycles. The minimum Gasteiger partial charge on any atom is -0.392 e. The zero-order valence-electron chi connectivity index (χ0n) is 11.5. The lowest BCUT2D eigenvalue weighted by Gasteiger charge is -2.29. The van der Waals surface area contributed by atoms with Crippen molar-refractivity contribution in [3.05, 3.63) is 47.8 Å². The molecule has 21 heavy (non-hydrogen) atoms. The molecule has 1 aliphatic rings.